The van der Waals surface area contributed by atoms with Gasteiger partial charge in [0.2, 0.25) is 10.0 Å². The van der Waals surface area contributed by atoms with Crippen LogP contribution in [0.5, 0.6) is 0 Å². The summed E-state index contributed by atoms with van der Waals surface area (Å²) in [6.07, 6.45) is 2.69. The molecule has 0 spiro atoms. The first-order valence-electron chi connectivity index (χ1n) is 8.29. The SMILES string of the molecule is CC[C@H](NC(=O)c1cc(NS(C)(=O)=O)ccc1Cl)c1ccc(S(C)(=O)=O)cc1. The Hall–Kier alpha value is -2.10. The Morgan fingerprint density at radius 1 is 1.04 bits per heavy atom. The molecule has 2 aromatic rings. The van der Waals surface area contributed by atoms with Crippen LogP contribution in [0.25, 0.3) is 0 Å². The maximum Gasteiger partial charge on any atom is 0.253 e. The molecule has 28 heavy (non-hydrogen) atoms. The molecule has 0 aliphatic carbocycles. The highest BCUT2D eigenvalue weighted by atomic mass is 35.5. The summed E-state index contributed by atoms with van der Waals surface area (Å²) in [6, 6.07) is 10.2. The Balaban J connectivity index is 2.25. The monoisotopic (exact) mass is 444 g/mol. The summed E-state index contributed by atoms with van der Waals surface area (Å²) in [5.74, 6) is -0.471. The smallest absolute Gasteiger partial charge is 0.253 e. The minimum Gasteiger partial charge on any atom is -0.345 e. The first-order valence-corrected chi connectivity index (χ1v) is 12.4. The first kappa shape index (κ1) is 22.2. The minimum absolute atomic E-state index is 0.126. The normalized spacial score (nSPS) is 13.0. The van der Waals surface area contributed by atoms with E-state index >= 15 is 0 Å². The summed E-state index contributed by atoms with van der Waals surface area (Å²) in [6.45, 7) is 1.87. The molecule has 1 amide bonds. The van der Waals surface area contributed by atoms with Crippen LogP contribution in [-0.4, -0.2) is 35.3 Å². The van der Waals surface area contributed by atoms with Gasteiger partial charge in [-0.2, -0.15) is 0 Å². The second kappa shape index (κ2) is 8.50. The average molecular weight is 445 g/mol. The van der Waals surface area contributed by atoms with Gasteiger partial charge in [-0.3, -0.25) is 9.52 Å². The maximum atomic E-state index is 12.7. The lowest BCUT2D eigenvalue weighted by Crippen LogP contribution is -2.28. The summed E-state index contributed by atoms with van der Waals surface area (Å²) in [5.41, 5.74) is 1.09. The van der Waals surface area contributed by atoms with E-state index < -0.39 is 25.8 Å². The molecule has 2 N–H and O–H groups in total. The average Bonchev–Trinajstić information content (AvgIpc) is 2.59. The molecular formula is C18H21ClN2O5S2. The quantitative estimate of drug-likeness (QED) is 0.682. The Labute approximate surface area is 170 Å². The Morgan fingerprint density at radius 2 is 1.64 bits per heavy atom. The molecular weight excluding hydrogens is 424 g/mol. The largest absolute Gasteiger partial charge is 0.345 e. The molecule has 0 saturated carbocycles. The molecule has 0 radical (unpaired) electrons. The van der Waals surface area contributed by atoms with Gasteiger partial charge in [0.1, 0.15) is 0 Å². The van der Waals surface area contributed by atoms with Crippen molar-refractivity contribution in [1.82, 2.24) is 5.32 Å². The molecule has 2 aromatic carbocycles. The first-order chi connectivity index (χ1) is 12.9. The van der Waals surface area contributed by atoms with E-state index in [1.54, 1.807) is 12.1 Å². The van der Waals surface area contributed by atoms with Gasteiger partial charge in [0.25, 0.3) is 5.91 Å². The van der Waals surface area contributed by atoms with Crippen LogP contribution in [0.2, 0.25) is 5.02 Å². The van der Waals surface area contributed by atoms with Gasteiger partial charge in [-0.1, -0.05) is 30.7 Å². The van der Waals surface area contributed by atoms with Crippen LogP contribution in [-0.2, 0) is 19.9 Å². The number of halogens is 1. The van der Waals surface area contributed by atoms with Gasteiger partial charge in [-0.15, -0.1) is 0 Å². The minimum atomic E-state index is -3.49. The number of sulfone groups is 1. The van der Waals surface area contributed by atoms with Crippen LogP contribution in [0, 0.1) is 0 Å². The number of sulfonamides is 1. The van der Waals surface area contributed by atoms with Crippen LogP contribution >= 0.6 is 11.6 Å². The van der Waals surface area contributed by atoms with Crippen molar-refractivity contribution in [3.05, 3.63) is 58.6 Å². The van der Waals surface area contributed by atoms with Gasteiger partial charge in [-0.25, -0.2) is 16.8 Å². The van der Waals surface area contributed by atoms with E-state index in [4.69, 9.17) is 11.6 Å². The second-order valence-electron chi connectivity index (χ2n) is 6.34. The number of hydrogen-bond acceptors (Lipinski definition) is 5. The zero-order valence-corrected chi connectivity index (χ0v) is 18.0. The zero-order chi connectivity index (χ0) is 21.1. The number of nitrogens with one attached hydrogen (secondary N) is 2. The highest BCUT2D eigenvalue weighted by Crippen LogP contribution is 2.24. The number of rotatable bonds is 7. The van der Waals surface area contributed by atoms with E-state index in [1.807, 2.05) is 6.92 Å². The fourth-order valence-corrected chi connectivity index (χ4v) is 3.97. The molecule has 0 fully saturated rings. The molecule has 0 unspecified atom stereocenters. The molecule has 2 rings (SSSR count). The molecule has 0 heterocycles. The molecule has 0 aliphatic heterocycles. The lowest BCUT2D eigenvalue weighted by molar-refractivity contribution is 0.0935. The van der Waals surface area contributed by atoms with Crippen molar-refractivity contribution in [2.24, 2.45) is 0 Å². The predicted molar refractivity (Wildman–Crippen MR) is 110 cm³/mol. The van der Waals surface area contributed by atoms with E-state index in [0.29, 0.717) is 6.42 Å². The van der Waals surface area contributed by atoms with Crippen molar-refractivity contribution in [3.8, 4) is 0 Å². The molecule has 0 aromatic heterocycles. The number of anilines is 1. The highest BCUT2D eigenvalue weighted by molar-refractivity contribution is 7.92. The van der Waals surface area contributed by atoms with Crippen molar-refractivity contribution >= 4 is 43.1 Å². The predicted octanol–water partition coefficient (Wildman–Crippen LogP) is 3.00. The summed E-state index contributed by atoms with van der Waals surface area (Å²) in [7, 11) is -6.80. The third-order valence-corrected chi connectivity index (χ3v) is 6.00. The second-order valence-corrected chi connectivity index (χ2v) is 10.5. The van der Waals surface area contributed by atoms with Gasteiger partial charge in [0, 0.05) is 11.9 Å². The van der Waals surface area contributed by atoms with Crippen LogP contribution in [0.4, 0.5) is 5.69 Å². The number of carbonyl (C=O) groups is 1. The number of amides is 1. The van der Waals surface area contributed by atoms with Crippen LogP contribution in [0.1, 0.15) is 35.3 Å². The third-order valence-electron chi connectivity index (χ3n) is 3.94. The molecule has 10 heteroatoms. The van der Waals surface area contributed by atoms with Crippen molar-refractivity contribution in [2.75, 3.05) is 17.2 Å². The van der Waals surface area contributed by atoms with Gasteiger partial charge in [0.05, 0.1) is 27.8 Å². The summed E-state index contributed by atoms with van der Waals surface area (Å²) >= 11 is 6.10. The Kier molecular flexibility index (Phi) is 6.74. The summed E-state index contributed by atoms with van der Waals surface area (Å²) in [5, 5.41) is 3.02. The van der Waals surface area contributed by atoms with Gasteiger partial charge in [-0.05, 0) is 42.3 Å². The maximum absolute atomic E-state index is 12.7. The Morgan fingerprint density at radius 3 is 2.14 bits per heavy atom. The van der Waals surface area contributed by atoms with Crippen LogP contribution in [0.15, 0.2) is 47.4 Å². The Bertz CT molecular complexity index is 1080. The number of hydrogen-bond donors (Lipinski definition) is 2. The van der Waals surface area contributed by atoms with E-state index in [-0.39, 0.29) is 27.2 Å². The molecule has 0 bridgehead atoms. The van der Waals surface area contributed by atoms with Crippen molar-refractivity contribution in [1.29, 1.82) is 0 Å². The van der Waals surface area contributed by atoms with E-state index in [9.17, 15) is 21.6 Å². The zero-order valence-electron chi connectivity index (χ0n) is 15.6. The third kappa shape index (κ3) is 5.95. The van der Waals surface area contributed by atoms with E-state index in [1.165, 1.54) is 30.3 Å². The van der Waals surface area contributed by atoms with Crippen LogP contribution < -0.4 is 10.0 Å². The topological polar surface area (TPSA) is 109 Å². The van der Waals surface area contributed by atoms with Crippen LogP contribution in [0.3, 0.4) is 0 Å². The molecule has 152 valence electrons. The number of carbonyl (C=O) groups excluding carboxylic acids is 1. The highest BCUT2D eigenvalue weighted by Gasteiger charge is 2.18. The fourth-order valence-electron chi connectivity index (χ4n) is 2.58. The lowest BCUT2D eigenvalue weighted by Gasteiger charge is -2.18. The summed E-state index contributed by atoms with van der Waals surface area (Å²) in [4.78, 5) is 12.9. The summed E-state index contributed by atoms with van der Waals surface area (Å²) < 4.78 is 48.2. The van der Waals surface area contributed by atoms with E-state index in [0.717, 1.165) is 18.1 Å². The van der Waals surface area contributed by atoms with Crippen molar-refractivity contribution in [3.63, 3.8) is 0 Å². The number of benzene rings is 2. The van der Waals surface area contributed by atoms with Gasteiger partial charge in [0.15, 0.2) is 9.84 Å². The van der Waals surface area contributed by atoms with Gasteiger partial charge < -0.3 is 5.32 Å². The lowest BCUT2D eigenvalue weighted by atomic mass is 10.0. The molecule has 0 aliphatic rings. The van der Waals surface area contributed by atoms with Crippen molar-refractivity contribution < 1.29 is 21.6 Å². The molecule has 1 atom stereocenters. The molecule has 0 saturated heterocycles. The van der Waals surface area contributed by atoms with E-state index in [2.05, 4.69) is 10.0 Å². The molecule has 7 nitrogen and oxygen atoms in total. The van der Waals surface area contributed by atoms with Gasteiger partial charge >= 0.3 is 0 Å². The van der Waals surface area contributed by atoms with Crippen molar-refractivity contribution in [2.45, 2.75) is 24.3 Å². The standard InChI is InChI=1S/C18H21ClN2O5S2/c1-4-17(12-5-8-14(9-6-12)27(2,23)24)20-18(22)15-11-13(7-10-16(15)19)21-28(3,25)26/h5-11,17,21H,4H2,1-3H3,(H,20,22)/t17-/m0/s1. The fraction of sp³-hybridized carbons (Fsp3) is 0.278.